The highest BCUT2D eigenvalue weighted by molar-refractivity contribution is 5.84. The first-order valence-corrected chi connectivity index (χ1v) is 7.56. The molecular weight excluding hydrogens is 276 g/mol. The SMILES string of the molecule is CCN(NC(=O)[C@@H]1Cc2ccccc2O1)c1ccc(C)cc1. The van der Waals surface area contributed by atoms with E-state index in [-0.39, 0.29) is 5.91 Å². The zero-order chi connectivity index (χ0) is 15.5. The van der Waals surface area contributed by atoms with E-state index in [1.807, 2.05) is 67.4 Å². The molecule has 4 heteroatoms. The largest absolute Gasteiger partial charge is 0.480 e. The number of para-hydroxylation sites is 1. The van der Waals surface area contributed by atoms with Gasteiger partial charge >= 0.3 is 0 Å². The van der Waals surface area contributed by atoms with Crippen LogP contribution < -0.4 is 15.2 Å². The van der Waals surface area contributed by atoms with Gasteiger partial charge in [0, 0.05) is 13.0 Å². The van der Waals surface area contributed by atoms with Crippen molar-refractivity contribution in [2.45, 2.75) is 26.4 Å². The molecule has 0 saturated heterocycles. The summed E-state index contributed by atoms with van der Waals surface area (Å²) in [5, 5.41) is 1.84. The van der Waals surface area contributed by atoms with Crippen molar-refractivity contribution in [3.63, 3.8) is 0 Å². The predicted molar refractivity (Wildman–Crippen MR) is 86.9 cm³/mol. The minimum atomic E-state index is -0.461. The fourth-order valence-electron chi connectivity index (χ4n) is 2.58. The highest BCUT2D eigenvalue weighted by Crippen LogP contribution is 2.28. The number of rotatable bonds is 4. The van der Waals surface area contributed by atoms with Crippen LogP contribution in [0.15, 0.2) is 48.5 Å². The molecule has 4 nitrogen and oxygen atoms in total. The van der Waals surface area contributed by atoms with Crippen LogP contribution in [0.25, 0.3) is 0 Å². The maximum Gasteiger partial charge on any atom is 0.279 e. The van der Waals surface area contributed by atoms with E-state index in [0.717, 1.165) is 17.0 Å². The average Bonchev–Trinajstić information content (AvgIpc) is 2.97. The maximum atomic E-state index is 12.4. The molecule has 0 bridgehead atoms. The van der Waals surface area contributed by atoms with Crippen LogP contribution in [0, 0.1) is 6.92 Å². The van der Waals surface area contributed by atoms with Crippen molar-refractivity contribution in [3.05, 3.63) is 59.7 Å². The van der Waals surface area contributed by atoms with Crippen LogP contribution in [-0.4, -0.2) is 18.6 Å². The molecule has 0 aliphatic carbocycles. The summed E-state index contributed by atoms with van der Waals surface area (Å²) in [6.07, 6.45) is 0.157. The lowest BCUT2D eigenvalue weighted by Gasteiger charge is -2.25. The molecule has 1 amide bonds. The zero-order valence-corrected chi connectivity index (χ0v) is 12.9. The Labute approximate surface area is 130 Å². The van der Waals surface area contributed by atoms with Gasteiger partial charge in [0.1, 0.15) is 5.75 Å². The lowest BCUT2D eigenvalue weighted by Crippen LogP contribution is -2.48. The van der Waals surface area contributed by atoms with Crippen molar-refractivity contribution in [2.75, 3.05) is 11.6 Å². The molecule has 0 radical (unpaired) electrons. The van der Waals surface area contributed by atoms with Gasteiger partial charge in [-0.25, -0.2) is 0 Å². The lowest BCUT2D eigenvalue weighted by molar-refractivity contribution is -0.127. The Bertz CT molecular complexity index is 642. The van der Waals surface area contributed by atoms with E-state index in [4.69, 9.17) is 4.74 Å². The van der Waals surface area contributed by atoms with Crippen molar-refractivity contribution in [1.29, 1.82) is 0 Å². The molecule has 0 spiro atoms. The smallest absolute Gasteiger partial charge is 0.279 e. The number of carbonyl (C=O) groups is 1. The second kappa shape index (κ2) is 6.10. The number of benzene rings is 2. The molecule has 1 heterocycles. The molecule has 0 unspecified atom stereocenters. The molecule has 0 aromatic heterocycles. The second-order valence-corrected chi connectivity index (χ2v) is 5.47. The van der Waals surface area contributed by atoms with Crippen LogP contribution in [0.5, 0.6) is 5.75 Å². The third kappa shape index (κ3) is 2.91. The predicted octanol–water partition coefficient (Wildman–Crippen LogP) is 2.86. The van der Waals surface area contributed by atoms with Gasteiger partial charge in [-0.1, -0.05) is 35.9 Å². The molecule has 1 atom stereocenters. The van der Waals surface area contributed by atoms with Crippen molar-refractivity contribution in [2.24, 2.45) is 0 Å². The number of hydrogen-bond acceptors (Lipinski definition) is 3. The molecule has 114 valence electrons. The summed E-state index contributed by atoms with van der Waals surface area (Å²) in [6, 6.07) is 15.9. The lowest BCUT2D eigenvalue weighted by atomic mass is 10.1. The normalized spacial score (nSPS) is 15.8. The van der Waals surface area contributed by atoms with Gasteiger partial charge in [0.2, 0.25) is 0 Å². The Balaban J connectivity index is 1.67. The average molecular weight is 296 g/mol. The van der Waals surface area contributed by atoms with E-state index in [2.05, 4.69) is 5.43 Å². The minimum Gasteiger partial charge on any atom is -0.480 e. The molecule has 2 aromatic carbocycles. The molecule has 3 rings (SSSR count). The highest BCUT2D eigenvalue weighted by Gasteiger charge is 2.29. The third-order valence-electron chi connectivity index (χ3n) is 3.85. The number of hydrazine groups is 1. The van der Waals surface area contributed by atoms with E-state index in [0.29, 0.717) is 13.0 Å². The maximum absolute atomic E-state index is 12.4. The van der Waals surface area contributed by atoms with Crippen molar-refractivity contribution < 1.29 is 9.53 Å². The van der Waals surface area contributed by atoms with Crippen LogP contribution in [0.2, 0.25) is 0 Å². The van der Waals surface area contributed by atoms with E-state index in [1.54, 1.807) is 0 Å². The second-order valence-electron chi connectivity index (χ2n) is 5.47. The van der Waals surface area contributed by atoms with Gasteiger partial charge in [-0.15, -0.1) is 0 Å². The van der Waals surface area contributed by atoms with E-state index in [9.17, 15) is 4.79 Å². The summed E-state index contributed by atoms with van der Waals surface area (Å²) < 4.78 is 5.73. The van der Waals surface area contributed by atoms with Gasteiger partial charge < -0.3 is 4.74 Å². The number of carbonyl (C=O) groups excluding carboxylic acids is 1. The number of hydrogen-bond donors (Lipinski definition) is 1. The third-order valence-corrected chi connectivity index (χ3v) is 3.85. The van der Waals surface area contributed by atoms with E-state index in [1.165, 1.54) is 5.56 Å². The number of nitrogens with zero attached hydrogens (tertiary/aromatic N) is 1. The summed E-state index contributed by atoms with van der Waals surface area (Å²) in [5.41, 5.74) is 6.20. The zero-order valence-electron chi connectivity index (χ0n) is 12.9. The molecule has 1 N–H and O–H groups in total. The topological polar surface area (TPSA) is 41.6 Å². The summed E-state index contributed by atoms with van der Waals surface area (Å²) in [5.74, 6) is 0.694. The quantitative estimate of drug-likeness (QED) is 0.882. The molecule has 0 fully saturated rings. The minimum absolute atomic E-state index is 0.112. The van der Waals surface area contributed by atoms with Gasteiger partial charge in [-0.05, 0) is 37.6 Å². The molecule has 0 saturated carbocycles. The Hall–Kier alpha value is -2.49. The fourth-order valence-corrected chi connectivity index (χ4v) is 2.58. The summed E-state index contributed by atoms with van der Waals surface area (Å²) in [4.78, 5) is 12.4. The van der Waals surface area contributed by atoms with Crippen LogP contribution in [-0.2, 0) is 11.2 Å². The monoisotopic (exact) mass is 296 g/mol. The number of ether oxygens (including phenoxy) is 1. The first kappa shape index (κ1) is 14.4. The standard InChI is InChI=1S/C18H20N2O2/c1-3-20(15-10-8-13(2)9-11-15)19-18(21)17-12-14-6-4-5-7-16(14)22-17/h4-11,17H,3,12H2,1-2H3,(H,19,21)/t17-/m0/s1. The Kier molecular flexibility index (Phi) is 4.00. The van der Waals surface area contributed by atoms with Crippen LogP contribution >= 0.6 is 0 Å². The van der Waals surface area contributed by atoms with Gasteiger partial charge in [-0.2, -0.15) is 0 Å². The van der Waals surface area contributed by atoms with E-state index < -0.39 is 6.10 Å². The number of nitrogens with one attached hydrogen (secondary N) is 1. The number of aryl methyl sites for hydroxylation is 1. The molecule has 2 aromatic rings. The van der Waals surface area contributed by atoms with Crippen LogP contribution in [0.3, 0.4) is 0 Å². The molecule has 22 heavy (non-hydrogen) atoms. The first-order valence-electron chi connectivity index (χ1n) is 7.56. The number of anilines is 1. The van der Waals surface area contributed by atoms with Gasteiger partial charge in [0.05, 0.1) is 5.69 Å². The fraction of sp³-hybridized carbons (Fsp3) is 0.278. The summed E-state index contributed by atoms with van der Waals surface area (Å²) in [6.45, 7) is 4.74. The van der Waals surface area contributed by atoms with Gasteiger partial charge in [0.25, 0.3) is 5.91 Å². The number of fused-ring (bicyclic) bond motifs is 1. The Morgan fingerprint density at radius 3 is 2.64 bits per heavy atom. The van der Waals surface area contributed by atoms with Crippen LogP contribution in [0.1, 0.15) is 18.1 Å². The Morgan fingerprint density at radius 2 is 1.95 bits per heavy atom. The van der Waals surface area contributed by atoms with Crippen LogP contribution in [0.4, 0.5) is 5.69 Å². The molecule has 1 aliphatic rings. The van der Waals surface area contributed by atoms with E-state index >= 15 is 0 Å². The van der Waals surface area contributed by atoms with Crippen molar-refractivity contribution in [3.8, 4) is 5.75 Å². The van der Waals surface area contributed by atoms with Crippen molar-refractivity contribution in [1.82, 2.24) is 5.43 Å². The van der Waals surface area contributed by atoms with Gasteiger partial charge in [0.15, 0.2) is 6.10 Å². The first-order chi connectivity index (χ1) is 10.7. The van der Waals surface area contributed by atoms with Gasteiger partial charge in [-0.3, -0.25) is 15.2 Å². The highest BCUT2D eigenvalue weighted by atomic mass is 16.5. The molecular formula is C18H20N2O2. The number of amides is 1. The summed E-state index contributed by atoms with van der Waals surface area (Å²) in [7, 11) is 0. The Morgan fingerprint density at radius 1 is 1.23 bits per heavy atom. The summed E-state index contributed by atoms with van der Waals surface area (Å²) >= 11 is 0. The molecule has 1 aliphatic heterocycles. The van der Waals surface area contributed by atoms with Crippen molar-refractivity contribution >= 4 is 11.6 Å².